The molecule has 8 nitrogen and oxygen atoms in total. The third kappa shape index (κ3) is 3.37. The van der Waals surface area contributed by atoms with Crippen molar-refractivity contribution in [2.24, 2.45) is 11.8 Å². The monoisotopic (exact) mass is 322 g/mol. The molecule has 4 atom stereocenters. The molecule has 2 rings (SSSR count). The van der Waals surface area contributed by atoms with Crippen LogP contribution in [0.15, 0.2) is 24.3 Å². The highest BCUT2D eigenvalue weighted by Gasteiger charge is 2.49. The van der Waals surface area contributed by atoms with Gasteiger partial charge in [0.15, 0.2) is 0 Å². The molecule has 1 aliphatic rings. The highest BCUT2D eigenvalue weighted by Crippen LogP contribution is 2.40. The smallest absolute Gasteiger partial charge is 0.269 e. The summed E-state index contributed by atoms with van der Waals surface area (Å²) in [6.45, 7) is 1.82. The van der Waals surface area contributed by atoms with E-state index >= 15 is 0 Å². The number of Topliss-reactive ketones (excluding diaryl/α,β-unsaturated/α-hetero) is 1. The first-order valence-corrected chi connectivity index (χ1v) is 7.26. The van der Waals surface area contributed by atoms with Crippen LogP contribution in [0.3, 0.4) is 0 Å². The van der Waals surface area contributed by atoms with Gasteiger partial charge in [-0.1, -0.05) is 19.1 Å². The molecule has 1 aromatic carbocycles. The standard InChI is InChI=1S/C15H18N2O6/c1-9-13(8-23-2)15(17(21)22)12(7-14(9)18)10-3-5-11(6-4-10)16(19)20/h3-6,9,12-13,15H,7-8H2,1-2H3/t9-,12-,13+,15-/m1/s1. The van der Waals surface area contributed by atoms with Gasteiger partial charge in [-0.2, -0.15) is 0 Å². The van der Waals surface area contributed by atoms with Gasteiger partial charge < -0.3 is 4.74 Å². The largest absolute Gasteiger partial charge is 0.384 e. The second-order valence-electron chi connectivity index (χ2n) is 5.81. The van der Waals surface area contributed by atoms with Gasteiger partial charge in [0.05, 0.1) is 23.4 Å². The van der Waals surface area contributed by atoms with Gasteiger partial charge in [-0.25, -0.2) is 0 Å². The average molecular weight is 322 g/mol. The number of benzene rings is 1. The SMILES string of the molecule is COC[C@@H]1[C@H]([N+](=O)[O-])[C@@H](c2ccc([N+](=O)[O-])cc2)CC(=O)[C@@H]1C. The Hall–Kier alpha value is -2.35. The van der Waals surface area contributed by atoms with Crippen molar-refractivity contribution < 1.29 is 19.4 Å². The zero-order chi connectivity index (χ0) is 17.1. The highest BCUT2D eigenvalue weighted by atomic mass is 16.6. The number of carbonyl (C=O) groups is 1. The van der Waals surface area contributed by atoms with Gasteiger partial charge >= 0.3 is 0 Å². The lowest BCUT2D eigenvalue weighted by Crippen LogP contribution is -2.48. The van der Waals surface area contributed by atoms with Crippen LogP contribution in [0, 0.1) is 32.1 Å². The first kappa shape index (κ1) is 17.0. The minimum Gasteiger partial charge on any atom is -0.384 e. The molecule has 124 valence electrons. The summed E-state index contributed by atoms with van der Waals surface area (Å²) in [5, 5.41) is 22.3. The van der Waals surface area contributed by atoms with E-state index in [0.29, 0.717) is 5.56 Å². The first-order valence-electron chi connectivity index (χ1n) is 7.26. The summed E-state index contributed by atoms with van der Waals surface area (Å²) in [5.41, 5.74) is 0.481. The van der Waals surface area contributed by atoms with Gasteiger partial charge in [-0.05, 0) is 5.56 Å². The predicted molar refractivity (Wildman–Crippen MR) is 80.8 cm³/mol. The van der Waals surface area contributed by atoms with Gasteiger partial charge in [-0.3, -0.25) is 25.0 Å². The van der Waals surface area contributed by atoms with E-state index in [4.69, 9.17) is 4.74 Å². The molecule has 0 spiro atoms. The van der Waals surface area contributed by atoms with Crippen LogP contribution in [0.2, 0.25) is 0 Å². The van der Waals surface area contributed by atoms with Crippen LogP contribution in [-0.4, -0.2) is 35.4 Å². The number of nitro benzene ring substituents is 1. The molecule has 23 heavy (non-hydrogen) atoms. The molecule has 0 saturated heterocycles. The maximum absolute atomic E-state index is 12.2. The molecule has 0 unspecified atom stereocenters. The molecule has 1 fully saturated rings. The normalized spacial score (nSPS) is 27.7. The number of nitro groups is 2. The van der Waals surface area contributed by atoms with Gasteiger partial charge in [0, 0.05) is 36.5 Å². The highest BCUT2D eigenvalue weighted by molar-refractivity contribution is 5.83. The molecule has 1 saturated carbocycles. The Labute approximate surface area is 132 Å². The van der Waals surface area contributed by atoms with Crippen LogP contribution < -0.4 is 0 Å². The van der Waals surface area contributed by atoms with E-state index in [-0.39, 0.29) is 29.4 Å². The maximum atomic E-state index is 12.2. The van der Waals surface area contributed by atoms with Gasteiger partial charge in [0.2, 0.25) is 6.04 Å². The average Bonchev–Trinajstić information content (AvgIpc) is 2.51. The Balaban J connectivity index is 2.39. The number of non-ortho nitro benzene ring substituents is 1. The Morgan fingerprint density at radius 2 is 1.83 bits per heavy atom. The van der Waals surface area contributed by atoms with Crippen molar-refractivity contribution in [2.75, 3.05) is 13.7 Å². The molecule has 1 aliphatic carbocycles. The van der Waals surface area contributed by atoms with Crippen LogP contribution in [0.5, 0.6) is 0 Å². The fourth-order valence-corrected chi connectivity index (χ4v) is 3.25. The number of methoxy groups -OCH3 is 1. The number of hydrogen-bond donors (Lipinski definition) is 0. The van der Waals surface area contributed by atoms with Crippen molar-refractivity contribution in [1.29, 1.82) is 0 Å². The number of rotatable bonds is 5. The van der Waals surface area contributed by atoms with E-state index in [1.54, 1.807) is 6.92 Å². The number of nitrogens with zero attached hydrogens (tertiary/aromatic N) is 2. The number of ether oxygens (including phenoxy) is 1. The van der Waals surface area contributed by atoms with Crippen molar-refractivity contribution >= 4 is 11.5 Å². The summed E-state index contributed by atoms with van der Waals surface area (Å²) in [4.78, 5) is 33.6. The molecule has 8 heteroatoms. The first-order chi connectivity index (χ1) is 10.9. The minimum atomic E-state index is -0.955. The summed E-state index contributed by atoms with van der Waals surface area (Å²) >= 11 is 0. The summed E-state index contributed by atoms with van der Waals surface area (Å²) in [7, 11) is 1.45. The topological polar surface area (TPSA) is 113 Å². The fraction of sp³-hybridized carbons (Fsp3) is 0.533. The summed E-state index contributed by atoms with van der Waals surface area (Å²) in [6, 6.07) is 4.64. The molecule has 0 heterocycles. The molecular weight excluding hydrogens is 304 g/mol. The van der Waals surface area contributed by atoms with E-state index in [1.807, 2.05) is 0 Å². The van der Waals surface area contributed by atoms with Crippen LogP contribution in [-0.2, 0) is 9.53 Å². The van der Waals surface area contributed by atoms with Crippen LogP contribution in [0.25, 0.3) is 0 Å². The second kappa shape index (κ2) is 6.82. The van der Waals surface area contributed by atoms with Crippen LogP contribution >= 0.6 is 0 Å². The van der Waals surface area contributed by atoms with E-state index in [1.165, 1.54) is 31.4 Å². The van der Waals surface area contributed by atoms with Gasteiger partial charge in [-0.15, -0.1) is 0 Å². The lowest BCUT2D eigenvalue weighted by molar-refractivity contribution is -0.540. The molecule has 0 N–H and O–H groups in total. The van der Waals surface area contributed by atoms with Crippen molar-refractivity contribution in [3.05, 3.63) is 50.1 Å². The van der Waals surface area contributed by atoms with Crippen LogP contribution in [0.4, 0.5) is 5.69 Å². The van der Waals surface area contributed by atoms with E-state index < -0.39 is 28.7 Å². The fourth-order valence-electron chi connectivity index (χ4n) is 3.25. The van der Waals surface area contributed by atoms with Crippen molar-refractivity contribution in [3.63, 3.8) is 0 Å². The molecule has 0 aliphatic heterocycles. The number of hydrogen-bond acceptors (Lipinski definition) is 6. The van der Waals surface area contributed by atoms with Gasteiger partial charge in [0.1, 0.15) is 5.78 Å². The van der Waals surface area contributed by atoms with E-state index in [2.05, 4.69) is 0 Å². The second-order valence-corrected chi connectivity index (χ2v) is 5.81. The predicted octanol–water partition coefficient (Wildman–Crippen LogP) is 2.20. The van der Waals surface area contributed by atoms with Crippen LogP contribution in [0.1, 0.15) is 24.8 Å². The Morgan fingerprint density at radius 1 is 1.22 bits per heavy atom. The Bertz CT molecular complexity index is 615. The Morgan fingerprint density at radius 3 is 2.30 bits per heavy atom. The zero-order valence-electron chi connectivity index (χ0n) is 12.9. The number of ketones is 1. The van der Waals surface area contributed by atoms with Crippen molar-refractivity contribution in [1.82, 2.24) is 0 Å². The molecule has 0 aromatic heterocycles. The van der Waals surface area contributed by atoms with E-state index in [0.717, 1.165) is 0 Å². The summed E-state index contributed by atoms with van der Waals surface area (Å²) in [5.74, 6) is -1.61. The lowest BCUT2D eigenvalue weighted by atomic mass is 9.68. The molecule has 1 aromatic rings. The van der Waals surface area contributed by atoms with Crippen molar-refractivity contribution in [2.45, 2.75) is 25.3 Å². The third-order valence-electron chi connectivity index (χ3n) is 4.56. The quantitative estimate of drug-likeness (QED) is 0.606. The lowest BCUT2D eigenvalue weighted by Gasteiger charge is -2.35. The molecular formula is C15H18N2O6. The summed E-state index contributed by atoms with van der Waals surface area (Å²) in [6.07, 6.45) is 0.0604. The molecule has 0 amide bonds. The van der Waals surface area contributed by atoms with E-state index in [9.17, 15) is 25.0 Å². The minimum absolute atomic E-state index is 0.0477. The van der Waals surface area contributed by atoms with Crippen molar-refractivity contribution in [3.8, 4) is 0 Å². The molecule has 0 radical (unpaired) electrons. The zero-order valence-corrected chi connectivity index (χ0v) is 12.9. The Kier molecular flexibility index (Phi) is 5.05. The summed E-state index contributed by atoms with van der Waals surface area (Å²) < 4.78 is 5.07. The third-order valence-corrected chi connectivity index (χ3v) is 4.56. The molecule has 0 bridgehead atoms. The maximum Gasteiger partial charge on any atom is 0.269 e. The van der Waals surface area contributed by atoms with Gasteiger partial charge in [0.25, 0.3) is 5.69 Å². The number of carbonyl (C=O) groups excluding carboxylic acids is 1.